The lowest BCUT2D eigenvalue weighted by atomic mass is 9.99. The standard InChI is InChI=1S/C5HF9O2S/c6-1-2(7,4(10,11)12)3(8,9)5(13,14)17(1,15)16/h1H. The van der Waals surface area contributed by atoms with Crippen LogP contribution in [-0.4, -0.2) is 36.9 Å². The summed E-state index contributed by atoms with van der Waals surface area (Å²) in [6.07, 6.45) is -6.82. The smallest absolute Gasteiger partial charge is 0.225 e. The van der Waals surface area contributed by atoms with Crippen molar-refractivity contribution < 1.29 is 47.9 Å². The Labute approximate surface area is 87.3 Å². The Morgan fingerprint density at radius 1 is 0.941 bits per heavy atom. The van der Waals surface area contributed by atoms with E-state index in [9.17, 15) is 47.9 Å². The number of rotatable bonds is 0. The third kappa shape index (κ3) is 1.21. The van der Waals surface area contributed by atoms with Gasteiger partial charge in [0.25, 0.3) is 15.3 Å². The predicted octanol–water partition coefficient (Wildman–Crippen LogP) is 2.21. The zero-order valence-electron chi connectivity index (χ0n) is 7.20. The van der Waals surface area contributed by atoms with Crippen molar-refractivity contribution in [3.8, 4) is 0 Å². The molecule has 0 aromatic rings. The molecule has 0 aromatic carbocycles. The van der Waals surface area contributed by atoms with Crippen molar-refractivity contribution in [2.45, 2.75) is 28.5 Å². The van der Waals surface area contributed by atoms with Crippen LogP contribution in [0.15, 0.2) is 0 Å². The average Bonchev–Trinajstić information content (AvgIpc) is 2.17. The molecule has 1 saturated heterocycles. The van der Waals surface area contributed by atoms with E-state index < -0.39 is 38.4 Å². The first kappa shape index (κ1) is 14.4. The molecule has 0 aromatic heterocycles. The van der Waals surface area contributed by atoms with Crippen LogP contribution in [0.5, 0.6) is 0 Å². The van der Waals surface area contributed by atoms with E-state index in [0.717, 1.165) is 0 Å². The molecule has 2 nitrogen and oxygen atoms in total. The van der Waals surface area contributed by atoms with Crippen molar-refractivity contribution >= 4 is 9.84 Å². The van der Waals surface area contributed by atoms with Gasteiger partial charge in [-0.3, -0.25) is 0 Å². The molecule has 2 unspecified atom stereocenters. The van der Waals surface area contributed by atoms with Gasteiger partial charge in [-0.05, 0) is 0 Å². The summed E-state index contributed by atoms with van der Waals surface area (Å²) < 4.78 is 132. The number of sulfone groups is 1. The molecule has 0 bridgehead atoms. The zero-order valence-corrected chi connectivity index (χ0v) is 8.02. The summed E-state index contributed by atoms with van der Waals surface area (Å²) in [5.74, 6) is -6.75. The van der Waals surface area contributed by atoms with Crippen LogP contribution in [0.4, 0.5) is 39.5 Å². The fraction of sp³-hybridized carbons (Fsp3) is 1.00. The van der Waals surface area contributed by atoms with Gasteiger partial charge in [-0.15, -0.1) is 0 Å². The summed E-state index contributed by atoms with van der Waals surface area (Å²) in [6, 6.07) is 0. The second-order valence-electron chi connectivity index (χ2n) is 3.16. The topological polar surface area (TPSA) is 34.1 Å². The minimum Gasteiger partial charge on any atom is -0.225 e. The van der Waals surface area contributed by atoms with Gasteiger partial charge in [-0.1, -0.05) is 0 Å². The first-order chi connectivity index (χ1) is 7.15. The van der Waals surface area contributed by atoms with Gasteiger partial charge >= 0.3 is 23.0 Å². The lowest BCUT2D eigenvalue weighted by molar-refractivity contribution is -0.331. The van der Waals surface area contributed by atoms with E-state index in [4.69, 9.17) is 0 Å². The minimum absolute atomic E-state index is 5.10. The van der Waals surface area contributed by atoms with Crippen LogP contribution in [0.1, 0.15) is 0 Å². The Morgan fingerprint density at radius 3 is 1.41 bits per heavy atom. The largest absolute Gasteiger partial charge is 0.432 e. The molecule has 0 spiro atoms. The van der Waals surface area contributed by atoms with Crippen molar-refractivity contribution in [3.05, 3.63) is 0 Å². The van der Waals surface area contributed by atoms with E-state index in [0.29, 0.717) is 0 Å². The summed E-state index contributed by atoms with van der Waals surface area (Å²) in [7, 11) is -6.95. The van der Waals surface area contributed by atoms with Gasteiger partial charge in [0, 0.05) is 0 Å². The Kier molecular flexibility index (Phi) is 2.54. The van der Waals surface area contributed by atoms with Crippen LogP contribution in [0.3, 0.4) is 0 Å². The van der Waals surface area contributed by atoms with Crippen molar-refractivity contribution in [1.29, 1.82) is 0 Å². The molecule has 17 heavy (non-hydrogen) atoms. The number of hydrogen-bond acceptors (Lipinski definition) is 2. The Bertz CT molecular complexity index is 437. The van der Waals surface area contributed by atoms with Crippen LogP contribution in [0.2, 0.25) is 0 Å². The normalized spacial score (nSPS) is 39.2. The molecule has 0 saturated carbocycles. The van der Waals surface area contributed by atoms with E-state index in [-0.39, 0.29) is 0 Å². The monoisotopic (exact) mass is 296 g/mol. The summed E-state index contributed by atoms with van der Waals surface area (Å²) >= 11 is 0. The summed E-state index contributed by atoms with van der Waals surface area (Å²) in [6.45, 7) is 0. The van der Waals surface area contributed by atoms with E-state index in [2.05, 4.69) is 0 Å². The molecular formula is C5HF9O2S. The van der Waals surface area contributed by atoms with Crippen molar-refractivity contribution in [1.82, 2.24) is 0 Å². The van der Waals surface area contributed by atoms with Crippen LogP contribution in [0.25, 0.3) is 0 Å². The lowest BCUT2D eigenvalue weighted by Crippen LogP contribution is -2.60. The second-order valence-corrected chi connectivity index (χ2v) is 5.18. The molecule has 1 aliphatic rings. The second kappa shape index (κ2) is 3.01. The van der Waals surface area contributed by atoms with E-state index in [1.807, 2.05) is 0 Å². The molecule has 0 N–H and O–H groups in total. The first-order valence-electron chi connectivity index (χ1n) is 3.54. The highest BCUT2D eigenvalue weighted by molar-refractivity contribution is 7.93. The molecule has 0 aliphatic carbocycles. The molecule has 0 amide bonds. The van der Waals surface area contributed by atoms with Gasteiger partial charge in [0.2, 0.25) is 0 Å². The number of hydrogen-bond donors (Lipinski definition) is 0. The van der Waals surface area contributed by atoms with Crippen LogP contribution in [0, 0.1) is 0 Å². The number of halogens is 9. The van der Waals surface area contributed by atoms with E-state index in [1.165, 1.54) is 0 Å². The molecule has 1 rings (SSSR count). The quantitative estimate of drug-likeness (QED) is 0.642. The van der Waals surface area contributed by atoms with Crippen LogP contribution in [-0.2, 0) is 9.84 Å². The van der Waals surface area contributed by atoms with Gasteiger partial charge in [0.15, 0.2) is 0 Å². The maximum absolute atomic E-state index is 12.9. The fourth-order valence-corrected chi connectivity index (χ4v) is 2.66. The highest BCUT2D eigenvalue weighted by atomic mass is 32.2. The third-order valence-electron chi connectivity index (χ3n) is 2.18. The van der Waals surface area contributed by atoms with Gasteiger partial charge in [0.1, 0.15) is 0 Å². The van der Waals surface area contributed by atoms with Crippen molar-refractivity contribution in [3.63, 3.8) is 0 Å². The van der Waals surface area contributed by atoms with Gasteiger partial charge in [0.05, 0.1) is 0 Å². The Balaban J connectivity index is 3.70. The van der Waals surface area contributed by atoms with Crippen LogP contribution < -0.4 is 0 Å². The summed E-state index contributed by atoms with van der Waals surface area (Å²) in [4.78, 5) is 0. The molecule has 1 heterocycles. The van der Waals surface area contributed by atoms with E-state index in [1.54, 1.807) is 0 Å². The molecule has 12 heteroatoms. The maximum atomic E-state index is 12.9. The molecule has 1 aliphatic heterocycles. The fourth-order valence-electron chi connectivity index (χ4n) is 1.18. The predicted molar refractivity (Wildman–Crippen MR) is 33.6 cm³/mol. The highest BCUT2D eigenvalue weighted by Crippen LogP contribution is 2.63. The lowest BCUT2D eigenvalue weighted by Gasteiger charge is -2.29. The van der Waals surface area contributed by atoms with E-state index >= 15 is 0 Å². The zero-order chi connectivity index (χ0) is 14.1. The Hall–Kier alpha value is -0.680. The third-order valence-corrected chi connectivity index (χ3v) is 4.02. The molecule has 2 atom stereocenters. The van der Waals surface area contributed by atoms with Gasteiger partial charge in [-0.25, -0.2) is 17.2 Å². The molecule has 0 radical (unpaired) electrons. The minimum atomic E-state index is -6.95. The van der Waals surface area contributed by atoms with Crippen molar-refractivity contribution in [2.75, 3.05) is 0 Å². The SMILES string of the molecule is O=S1(=O)C(F)C(F)(C(F)(F)F)C(F)(F)C1(F)F. The average molecular weight is 296 g/mol. The molecule has 1 fully saturated rings. The van der Waals surface area contributed by atoms with Gasteiger partial charge in [-0.2, -0.15) is 30.7 Å². The molecule has 102 valence electrons. The maximum Gasteiger partial charge on any atom is 0.432 e. The summed E-state index contributed by atoms with van der Waals surface area (Å²) in [5.41, 5.74) is -11.6. The van der Waals surface area contributed by atoms with Gasteiger partial charge < -0.3 is 0 Å². The van der Waals surface area contributed by atoms with Crippen molar-refractivity contribution in [2.24, 2.45) is 0 Å². The Morgan fingerprint density at radius 2 is 1.29 bits per heavy atom. The highest BCUT2D eigenvalue weighted by Gasteiger charge is 2.95. The summed E-state index contributed by atoms with van der Waals surface area (Å²) in [5, 5.41) is -6.48. The molecular weight excluding hydrogens is 295 g/mol. The first-order valence-corrected chi connectivity index (χ1v) is 5.09. The number of alkyl halides is 9. The van der Waals surface area contributed by atoms with Crippen LogP contribution >= 0.6 is 0 Å².